The Kier molecular flexibility index (Phi) is 4.57. The number of anilines is 1. The Balaban J connectivity index is 2.12. The minimum atomic E-state index is -0.544. The van der Waals surface area contributed by atoms with E-state index in [9.17, 15) is 9.59 Å². The molecule has 1 N–H and O–H groups in total. The van der Waals surface area contributed by atoms with Crippen molar-refractivity contribution in [1.29, 1.82) is 0 Å². The summed E-state index contributed by atoms with van der Waals surface area (Å²) in [5.41, 5.74) is 1.45. The third-order valence-electron chi connectivity index (χ3n) is 3.36. The average Bonchev–Trinajstić information content (AvgIpc) is 2.72. The van der Waals surface area contributed by atoms with E-state index in [4.69, 9.17) is 9.47 Å². The molecule has 0 aliphatic carbocycles. The lowest BCUT2D eigenvalue weighted by molar-refractivity contribution is -0.139. The van der Waals surface area contributed by atoms with Crippen molar-refractivity contribution in [2.75, 3.05) is 12.4 Å². The summed E-state index contributed by atoms with van der Waals surface area (Å²) in [6.07, 6.45) is 0. The molecule has 0 fully saturated rings. The van der Waals surface area contributed by atoms with Gasteiger partial charge in [-0.2, -0.15) is 0 Å². The molecule has 0 unspecified atom stereocenters. The van der Waals surface area contributed by atoms with E-state index in [0.29, 0.717) is 16.3 Å². The zero-order valence-corrected chi connectivity index (χ0v) is 14.0. The molecule has 0 saturated heterocycles. The molecule has 0 atom stereocenters. The topological polar surface area (TPSA) is 64.6 Å². The molecule has 0 aromatic heterocycles. The highest BCUT2D eigenvalue weighted by atomic mass is 32.2. The number of fused-ring (bicyclic) bond motifs is 1. The lowest BCUT2D eigenvalue weighted by Crippen LogP contribution is -2.18. The molecule has 1 amide bonds. The smallest absolute Gasteiger partial charge is 0.308 e. The van der Waals surface area contributed by atoms with Crippen molar-refractivity contribution in [3.8, 4) is 5.75 Å². The van der Waals surface area contributed by atoms with Gasteiger partial charge in [0.2, 0.25) is 5.76 Å². The molecule has 0 radical (unpaired) electrons. The Labute approximate surface area is 143 Å². The third kappa shape index (κ3) is 3.28. The van der Waals surface area contributed by atoms with E-state index in [1.807, 2.05) is 36.4 Å². The molecule has 5 nitrogen and oxygen atoms in total. The number of rotatable bonds is 3. The van der Waals surface area contributed by atoms with Crippen molar-refractivity contribution in [1.82, 2.24) is 0 Å². The minimum absolute atomic E-state index is 0.00568. The average molecular weight is 341 g/mol. The van der Waals surface area contributed by atoms with Gasteiger partial charge in [-0.25, -0.2) is 0 Å². The molecule has 0 saturated carbocycles. The quantitative estimate of drug-likeness (QED) is 0.863. The fourth-order valence-electron chi connectivity index (χ4n) is 2.27. The number of para-hydroxylation sites is 1. The van der Waals surface area contributed by atoms with Crippen molar-refractivity contribution in [3.05, 3.63) is 59.9 Å². The summed E-state index contributed by atoms with van der Waals surface area (Å²) >= 11 is 1.38. The summed E-state index contributed by atoms with van der Waals surface area (Å²) in [4.78, 5) is 25.4. The molecule has 0 bridgehead atoms. The van der Waals surface area contributed by atoms with Crippen LogP contribution in [-0.4, -0.2) is 19.0 Å². The van der Waals surface area contributed by atoms with Crippen LogP contribution in [-0.2, 0) is 14.3 Å². The molecule has 1 heterocycles. The Morgan fingerprint density at radius 1 is 1.08 bits per heavy atom. The van der Waals surface area contributed by atoms with Crippen LogP contribution in [0.15, 0.2) is 59.2 Å². The highest BCUT2D eigenvalue weighted by molar-refractivity contribution is 8.08. The number of nitrogens with one attached hydrogen (secondary N) is 1. The van der Waals surface area contributed by atoms with Crippen LogP contribution < -0.4 is 10.1 Å². The zero-order valence-electron chi connectivity index (χ0n) is 13.2. The monoisotopic (exact) mass is 341 g/mol. The highest BCUT2D eigenvalue weighted by Crippen LogP contribution is 2.43. The third-order valence-corrected chi connectivity index (χ3v) is 4.56. The first kappa shape index (κ1) is 16.1. The van der Waals surface area contributed by atoms with E-state index in [0.717, 1.165) is 10.5 Å². The number of carbonyl (C=O) groups excluding carboxylic acids is 2. The molecule has 1 aliphatic rings. The van der Waals surface area contributed by atoms with E-state index in [1.165, 1.54) is 18.7 Å². The van der Waals surface area contributed by atoms with Crippen LogP contribution in [0, 0.1) is 0 Å². The number of benzene rings is 2. The van der Waals surface area contributed by atoms with Crippen molar-refractivity contribution >= 4 is 34.2 Å². The maximum absolute atomic E-state index is 12.5. The second-order valence-corrected chi connectivity index (χ2v) is 6.08. The van der Waals surface area contributed by atoms with Gasteiger partial charge in [0.25, 0.3) is 5.91 Å². The van der Waals surface area contributed by atoms with Gasteiger partial charge in [0, 0.05) is 11.8 Å². The molecule has 1 aliphatic heterocycles. The van der Waals surface area contributed by atoms with Gasteiger partial charge in [-0.15, -0.1) is 0 Å². The first-order chi connectivity index (χ1) is 11.6. The Bertz CT molecular complexity index is 827. The number of hydrogen-bond acceptors (Lipinski definition) is 5. The van der Waals surface area contributed by atoms with Gasteiger partial charge in [0.1, 0.15) is 5.75 Å². The summed E-state index contributed by atoms with van der Waals surface area (Å²) in [5.74, 6) is -0.295. The lowest BCUT2D eigenvalue weighted by atomic mass is 10.2. The molecule has 0 spiro atoms. The summed E-state index contributed by atoms with van der Waals surface area (Å²) in [5, 5.41) is 2.78. The SMILES string of the molecule is COc1ccc(C2=C(OC(C)=O)C(=O)Nc3ccccc3S2)cc1. The maximum atomic E-state index is 12.5. The first-order valence-corrected chi connectivity index (χ1v) is 8.05. The largest absolute Gasteiger partial charge is 0.497 e. The highest BCUT2D eigenvalue weighted by Gasteiger charge is 2.26. The van der Waals surface area contributed by atoms with Crippen molar-refractivity contribution < 1.29 is 19.1 Å². The van der Waals surface area contributed by atoms with Gasteiger partial charge >= 0.3 is 5.97 Å². The van der Waals surface area contributed by atoms with Crippen LogP contribution in [0.25, 0.3) is 4.91 Å². The number of hydrogen-bond donors (Lipinski definition) is 1. The van der Waals surface area contributed by atoms with Crippen LogP contribution in [0.1, 0.15) is 12.5 Å². The first-order valence-electron chi connectivity index (χ1n) is 7.24. The van der Waals surface area contributed by atoms with Crippen LogP contribution >= 0.6 is 11.8 Å². The molecule has 24 heavy (non-hydrogen) atoms. The fraction of sp³-hybridized carbons (Fsp3) is 0.111. The van der Waals surface area contributed by atoms with E-state index >= 15 is 0 Å². The molecular formula is C18H15NO4S. The molecular weight excluding hydrogens is 326 g/mol. The number of ether oxygens (including phenoxy) is 2. The Morgan fingerprint density at radius 2 is 1.79 bits per heavy atom. The predicted octanol–water partition coefficient (Wildman–Crippen LogP) is 3.67. The Hall–Kier alpha value is -2.73. The number of amides is 1. The van der Waals surface area contributed by atoms with Gasteiger partial charge < -0.3 is 14.8 Å². The van der Waals surface area contributed by atoms with Crippen molar-refractivity contribution in [2.24, 2.45) is 0 Å². The number of thioether (sulfide) groups is 1. The van der Waals surface area contributed by atoms with Gasteiger partial charge in [0.15, 0.2) is 0 Å². The van der Waals surface area contributed by atoms with E-state index in [-0.39, 0.29) is 5.76 Å². The summed E-state index contributed by atoms with van der Waals surface area (Å²) in [6.45, 7) is 1.27. The normalized spacial score (nSPS) is 13.7. The fourth-order valence-corrected chi connectivity index (χ4v) is 3.34. The minimum Gasteiger partial charge on any atom is -0.497 e. The maximum Gasteiger partial charge on any atom is 0.308 e. The van der Waals surface area contributed by atoms with Crippen LogP contribution in [0.2, 0.25) is 0 Å². The van der Waals surface area contributed by atoms with E-state index < -0.39 is 11.9 Å². The van der Waals surface area contributed by atoms with Crippen molar-refractivity contribution in [3.63, 3.8) is 0 Å². The second-order valence-electron chi connectivity index (χ2n) is 5.03. The van der Waals surface area contributed by atoms with E-state index in [2.05, 4.69) is 5.32 Å². The standard InChI is InChI=1S/C18H15NO4S/c1-11(20)23-16-17(12-7-9-13(22-2)10-8-12)24-15-6-4-3-5-14(15)19-18(16)21/h3-10H,1-2H3,(H,19,21). The van der Waals surface area contributed by atoms with Crippen LogP contribution in [0.4, 0.5) is 5.69 Å². The van der Waals surface area contributed by atoms with Gasteiger partial charge in [-0.1, -0.05) is 36.0 Å². The van der Waals surface area contributed by atoms with Gasteiger partial charge in [0.05, 0.1) is 17.7 Å². The second kappa shape index (κ2) is 6.80. The lowest BCUT2D eigenvalue weighted by Gasteiger charge is -2.11. The van der Waals surface area contributed by atoms with Crippen LogP contribution in [0.3, 0.4) is 0 Å². The molecule has 2 aromatic carbocycles. The van der Waals surface area contributed by atoms with E-state index in [1.54, 1.807) is 19.2 Å². The Morgan fingerprint density at radius 3 is 2.46 bits per heavy atom. The molecule has 122 valence electrons. The van der Waals surface area contributed by atoms with Crippen molar-refractivity contribution in [2.45, 2.75) is 11.8 Å². The van der Waals surface area contributed by atoms with Gasteiger partial charge in [-0.05, 0) is 29.8 Å². The molecule has 3 rings (SSSR count). The summed E-state index contributed by atoms with van der Waals surface area (Å²) in [7, 11) is 1.59. The summed E-state index contributed by atoms with van der Waals surface area (Å²) < 4.78 is 10.4. The zero-order chi connectivity index (χ0) is 17.1. The number of carbonyl (C=O) groups is 2. The predicted molar refractivity (Wildman–Crippen MR) is 92.6 cm³/mol. The molecule has 2 aromatic rings. The number of esters is 1. The van der Waals surface area contributed by atoms with Gasteiger partial charge in [-0.3, -0.25) is 9.59 Å². The summed E-state index contributed by atoms with van der Waals surface area (Å²) in [6, 6.07) is 14.7. The van der Waals surface area contributed by atoms with Crippen LogP contribution in [0.5, 0.6) is 5.75 Å². The number of methoxy groups -OCH3 is 1. The molecule has 6 heteroatoms.